The number of hydrogen-bond acceptors (Lipinski definition) is 10. The SMILES string of the molecule is COc1ccc(C(=O)NCc2nnc(SCC(=O)N3N=C(c4cccs4)C[C@@H]3c3cccc(OC)c3OC)n2-c2ccc(F)cc2)cc1. The third kappa shape index (κ3) is 6.89. The summed E-state index contributed by atoms with van der Waals surface area (Å²) < 4.78 is 32.0. The van der Waals surface area contributed by atoms with E-state index in [1.165, 1.54) is 28.9 Å². The van der Waals surface area contributed by atoms with Gasteiger partial charge in [0, 0.05) is 23.2 Å². The lowest BCUT2D eigenvalue weighted by molar-refractivity contribution is -0.130. The Kier molecular flexibility index (Phi) is 10.0. The van der Waals surface area contributed by atoms with Gasteiger partial charge in [0.25, 0.3) is 11.8 Å². The zero-order valence-corrected chi connectivity index (χ0v) is 27.9. The molecular weight excluding hydrogens is 656 g/mol. The van der Waals surface area contributed by atoms with Crippen LogP contribution < -0.4 is 19.5 Å². The van der Waals surface area contributed by atoms with Crippen LogP contribution in [0.5, 0.6) is 17.2 Å². The summed E-state index contributed by atoms with van der Waals surface area (Å²) in [7, 11) is 4.69. The molecule has 6 rings (SSSR count). The van der Waals surface area contributed by atoms with Crippen LogP contribution in [-0.2, 0) is 11.3 Å². The van der Waals surface area contributed by atoms with Gasteiger partial charge in [0.15, 0.2) is 22.5 Å². The van der Waals surface area contributed by atoms with Gasteiger partial charge in [-0.3, -0.25) is 14.2 Å². The highest BCUT2D eigenvalue weighted by molar-refractivity contribution is 7.99. The van der Waals surface area contributed by atoms with E-state index in [4.69, 9.17) is 19.3 Å². The van der Waals surface area contributed by atoms with Crippen molar-refractivity contribution in [1.29, 1.82) is 0 Å². The first-order valence-corrected chi connectivity index (χ1v) is 16.7. The van der Waals surface area contributed by atoms with Gasteiger partial charge in [0.05, 0.1) is 50.3 Å². The van der Waals surface area contributed by atoms with E-state index in [9.17, 15) is 14.0 Å². The summed E-state index contributed by atoms with van der Waals surface area (Å²) >= 11 is 2.72. The van der Waals surface area contributed by atoms with Crippen molar-refractivity contribution in [2.24, 2.45) is 5.10 Å². The van der Waals surface area contributed by atoms with Crippen molar-refractivity contribution < 1.29 is 28.2 Å². The molecule has 0 radical (unpaired) electrons. The van der Waals surface area contributed by atoms with E-state index in [1.54, 1.807) is 79.7 Å². The molecule has 246 valence electrons. The summed E-state index contributed by atoms with van der Waals surface area (Å²) in [5.74, 6) is 1.12. The number of aromatic nitrogens is 3. The molecule has 14 heteroatoms. The Morgan fingerprint density at radius 1 is 0.958 bits per heavy atom. The second-order valence-electron chi connectivity index (χ2n) is 10.5. The van der Waals surface area contributed by atoms with Gasteiger partial charge in [-0.1, -0.05) is 30.0 Å². The molecule has 0 saturated heterocycles. The fraction of sp³-hybridized carbons (Fsp3) is 0.206. The number of carbonyl (C=O) groups is 2. The lowest BCUT2D eigenvalue weighted by Gasteiger charge is -2.24. The van der Waals surface area contributed by atoms with E-state index in [0.717, 1.165) is 16.2 Å². The van der Waals surface area contributed by atoms with Crippen molar-refractivity contribution >= 4 is 40.6 Å². The molecule has 48 heavy (non-hydrogen) atoms. The van der Waals surface area contributed by atoms with Gasteiger partial charge >= 0.3 is 0 Å². The Labute approximate surface area is 284 Å². The van der Waals surface area contributed by atoms with E-state index >= 15 is 0 Å². The lowest BCUT2D eigenvalue weighted by atomic mass is 9.99. The van der Waals surface area contributed by atoms with Gasteiger partial charge < -0.3 is 19.5 Å². The first-order valence-electron chi connectivity index (χ1n) is 14.8. The van der Waals surface area contributed by atoms with Gasteiger partial charge in [-0.2, -0.15) is 5.10 Å². The van der Waals surface area contributed by atoms with Crippen molar-refractivity contribution in [3.8, 4) is 22.9 Å². The molecule has 0 spiro atoms. The number of ether oxygens (including phenoxy) is 3. The summed E-state index contributed by atoms with van der Waals surface area (Å²) in [5, 5.41) is 20.1. The highest BCUT2D eigenvalue weighted by Crippen LogP contribution is 2.42. The van der Waals surface area contributed by atoms with Crippen LogP contribution in [0.4, 0.5) is 4.39 Å². The quantitative estimate of drug-likeness (QED) is 0.161. The molecule has 1 aliphatic rings. The van der Waals surface area contributed by atoms with Crippen LogP contribution in [0.15, 0.2) is 94.5 Å². The van der Waals surface area contributed by atoms with Gasteiger partial charge in [0.2, 0.25) is 0 Å². The number of halogens is 1. The first-order chi connectivity index (χ1) is 23.4. The first kappa shape index (κ1) is 32.7. The normalized spacial score (nSPS) is 14.0. The molecule has 11 nitrogen and oxygen atoms in total. The zero-order chi connectivity index (χ0) is 33.6. The molecule has 0 aliphatic carbocycles. The zero-order valence-electron chi connectivity index (χ0n) is 26.3. The van der Waals surface area contributed by atoms with Crippen molar-refractivity contribution in [3.63, 3.8) is 0 Å². The van der Waals surface area contributed by atoms with Crippen molar-refractivity contribution in [2.75, 3.05) is 27.1 Å². The van der Waals surface area contributed by atoms with Crippen LogP contribution >= 0.6 is 23.1 Å². The molecule has 0 fully saturated rings. The lowest BCUT2D eigenvalue weighted by Crippen LogP contribution is -2.29. The van der Waals surface area contributed by atoms with Gasteiger partial charge in [0.1, 0.15) is 11.6 Å². The smallest absolute Gasteiger partial charge is 0.253 e. The Hall–Kier alpha value is -5.21. The second-order valence-corrected chi connectivity index (χ2v) is 12.4. The van der Waals surface area contributed by atoms with Gasteiger partial charge in [-0.15, -0.1) is 21.5 Å². The molecular formula is C34H31FN6O5S2. The minimum absolute atomic E-state index is 0.0263. The van der Waals surface area contributed by atoms with E-state index in [0.29, 0.717) is 45.9 Å². The Morgan fingerprint density at radius 2 is 1.75 bits per heavy atom. The molecule has 0 saturated carbocycles. The number of thiophene rings is 1. The number of rotatable bonds is 12. The molecule has 1 atom stereocenters. The summed E-state index contributed by atoms with van der Waals surface area (Å²) in [4.78, 5) is 27.8. The molecule has 5 aromatic rings. The minimum atomic E-state index is -0.432. The van der Waals surface area contributed by atoms with E-state index < -0.39 is 11.9 Å². The molecule has 3 heterocycles. The molecule has 3 aromatic carbocycles. The van der Waals surface area contributed by atoms with Crippen LogP contribution in [0.2, 0.25) is 0 Å². The topological polar surface area (TPSA) is 120 Å². The Balaban J connectivity index is 1.25. The molecule has 0 bridgehead atoms. The average Bonchev–Trinajstić information content (AvgIpc) is 3.90. The van der Waals surface area contributed by atoms with Crippen LogP contribution in [0.3, 0.4) is 0 Å². The van der Waals surface area contributed by atoms with Crippen LogP contribution in [0.25, 0.3) is 5.69 Å². The minimum Gasteiger partial charge on any atom is -0.497 e. The van der Waals surface area contributed by atoms with E-state index in [1.807, 2.05) is 29.6 Å². The van der Waals surface area contributed by atoms with E-state index in [2.05, 4.69) is 15.5 Å². The average molecular weight is 687 g/mol. The third-order valence-electron chi connectivity index (χ3n) is 7.63. The van der Waals surface area contributed by atoms with Gasteiger partial charge in [-0.05, 0) is 66.0 Å². The maximum atomic E-state index is 13.9. The molecule has 1 N–H and O–H groups in total. The van der Waals surface area contributed by atoms with Crippen LogP contribution in [-0.4, -0.2) is 64.4 Å². The maximum absolute atomic E-state index is 13.9. The molecule has 0 unspecified atom stereocenters. The number of nitrogens with zero attached hydrogens (tertiary/aromatic N) is 5. The fourth-order valence-electron chi connectivity index (χ4n) is 5.30. The number of thioether (sulfide) groups is 1. The standard InChI is InChI=1S/C34H31FN6O5S2/c1-44-24-15-9-21(10-16-24)33(43)36-19-30-37-38-34(40(30)23-13-11-22(35)12-14-23)48-20-31(42)41-27(18-26(39-41)29-8-5-17-47-29)25-6-4-7-28(45-2)32(25)46-3/h4-17,27H,18-20H2,1-3H3,(H,36,43)/t27-/m1/s1. The summed E-state index contributed by atoms with van der Waals surface area (Å²) in [5.41, 5.74) is 2.58. The number of hydrogen-bond donors (Lipinski definition) is 1. The second kappa shape index (κ2) is 14.7. The van der Waals surface area contributed by atoms with Crippen LogP contribution in [0, 0.1) is 5.82 Å². The summed E-state index contributed by atoms with van der Waals surface area (Å²) in [6.07, 6.45) is 0.490. The number of carbonyl (C=O) groups excluding carboxylic acids is 2. The summed E-state index contributed by atoms with van der Waals surface area (Å²) in [6, 6.07) is 21.6. The largest absolute Gasteiger partial charge is 0.497 e. The van der Waals surface area contributed by atoms with Crippen molar-refractivity contribution in [3.05, 3.63) is 112 Å². The number of hydrazone groups is 1. The maximum Gasteiger partial charge on any atom is 0.253 e. The number of para-hydroxylation sites is 1. The third-order valence-corrected chi connectivity index (χ3v) is 9.47. The van der Waals surface area contributed by atoms with E-state index in [-0.39, 0.29) is 24.1 Å². The number of benzene rings is 3. The van der Waals surface area contributed by atoms with Crippen molar-refractivity contribution in [2.45, 2.75) is 24.2 Å². The number of nitrogens with one attached hydrogen (secondary N) is 1. The molecule has 1 aliphatic heterocycles. The predicted octanol–water partition coefficient (Wildman–Crippen LogP) is 5.89. The molecule has 2 aromatic heterocycles. The Bertz CT molecular complexity index is 1930. The number of amides is 2. The molecule has 2 amide bonds. The highest BCUT2D eigenvalue weighted by Gasteiger charge is 2.36. The fourth-order valence-corrected chi connectivity index (χ4v) is 6.85. The number of methoxy groups -OCH3 is 3. The highest BCUT2D eigenvalue weighted by atomic mass is 32.2. The predicted molar refractivity (Wildman–Crippen MR) is 181 cm³/mol. The Morgan fingerprint density at radius 3 is 2.44 bits per heavy atom. The van der Waals surface area contributed by atoms with Gasteiger partial charge in [-0.25, -0.2) is 9.40 Å². The summed E-state index contributed by atoms with van der Waals surface area (Å²) in [6.45, 7) is 0.0298. The van der Waals surface area contributed by atoms with Crippen molar-refractivity contribution in [1.82, 2.24) is 25.1 Å². The van der Waals surface area contributed by atoms with Crippen LogP contribution in [0.1, 0.15) is 39.1 Å². The monoisotopic (exact) mass is 686 g/mol.